The molecule has 102 valence electrons. The van der Waals surface area contributed by atoms with Gasteiger partial charge in [0.2, 0.25) is 0 Å². The molecule has 1 unspecified atom stereocenters. The first kappa shape index (κ1) is 14.5. The lowest BCUT2D eigenvalue weighted by Crippen LogP contribution is -2.46. The van der Waals surface area contributed by atoms with Gasteiger partial charge >= 0.3 is 12.0 Å². The van der Waals surface area contributed by atoms with E-state index >= 15 is 0 Å². The van der Waals surface area contributed by atoms with Crippen molar-refractivity contribution in [1.29, 1.82) is 0 Å². The fourth-order valence-electron chi connectivity index (χ4n) is 1.89. The van der Waals surface area contributed by atoms with E-state index in [1.165, 1.54) is 23.8 Å². The second-order valence-corrected chi connectivity index (χ2v) is 4.80. The van der Waals surface area contributed by atoms with Crippen molar-refractivity contribution < 1.29 is 14.7 Å². The Bertz CT molecular complexity index is 313. The molecule has 18 heavy (non-hydrogen) atoms. The molecule has 0 aliphatic heterocycles. The average Bonchev–Trinajstić information content (AvgIpc) is 3.10. The first-order chi connectivity index (χ1) is 8.56. The van der Waals surface area contributed by atoms with Crippen LogP contribution in [-0.4, -0.2) is 41.1 Å². The molecule has 0 aromatic heterocycles. The van der Waals surface area contributed by atoms with Crippen LogP contribution in [0.3, 0.4) is 0 Å². The van der Waals surface area contributed by atoms with Crippen molar-refractivity contribution >= 4 is 12.0 Å². The zero-order valence-corrected chi connectivity index (χ0v) is 10.9. The van der Waals surface area contributed by atoms with Gasteiger partial charge in [0.1, 0.15) is 6.54 Å². The minimum Gasteiger partial charge on any atom is -0.480 e. The Labute approximate surface area is 108 Å². The van der Waals surface area contributed by atoms with E-state index in [1.54, 1.807) is 0 Å². The summed E-state index contributed by atoms with van der Waals surface area (Å²) in [5, 5.41) is 11.7. The minimum atomic E-state index is -1.01. The molecule has 1 aliphatic carbocycles. The van der Waals surface area contributed by atoms with Crippen molar-refractivity contribution in [3.63, 3.8) is 0 Å². The summed E-state index contributed by atoms with van der Waals surface area (Å²) in [5.74, 6) is -0.273. The number of carbonyl (C=O) groups excluding carboxylic acids is 1. The first-order valence-corrected chi connectivity index (χ1v) is 6.44. The molecule has 1 rings (SSSR count). The molecule has 1 fully saturated rings. The Balaban J connectivity index is 2.46. The van der Waals surface area contributed by atoms with Crippen LogP contribution in [0.25, 0.3) is 0 Å². The zero-order chi connectivity index (χ0) is 13.5. The van der Waals surface area contributed by atoms with Crippen LogP contribution in [0.15, 0.2) is 12.7 Å². The summed E-state index contributed by atoms with van der Waals surface area (Å²) < 4.78 is 0. The Morgan fingerprint density at radius 1 is 1.56 bits per heavy atom. The summed E-state index contributed by atoms with van der Waals surface area (Å²) in [6.45, 7) is 5.52. The summed E-state index contributed by atoms with van der Waals surface area (Å²) in [5.41, 5.74) is 0. The van der Waals surface area contributed by atoms with E-state index < -0.39 is 5.97 Å². The van der Waals surface area contributed by atoms with Crippen molar-refractivity contribution in [3.8, 4) is 0 Å². The topological polar surface area (TPSA) is 69.6 Å². The number of carbonyl (C=O) groups is 2. The van der Waals surface area contributed by atoms with Gasteiger partial charge in [0, 0.05) is 12.6 Å². The van der Waals surface area contributed by atoms with E-state index in [2.05, 4.69) is 11.9 Å². The molecule has 5 nitrogen and oxygen atoms in total. The maximum absolute atomic E-state index is 11.9. The van der Waals surface area contributed by atoms with E-state index in [0.717, 1.165) is 18.8 Å². The highest BCUT2D eigenvalue weighted by Crippen LogP contribution is 2.34. The quantitative estimate of drug-likeness (QED) is 0.649. The van der Waals surface area contributed by atoms with Crippen LogP contribution in [0.4, 0.5) is 4.79 Å². The first-order valence-electron chi connectivity index (χ1n) is 6.44. The van der Waals surface area contributed by atoms with Crippen molar-refractivity contribution in [2.24, 2.45) is 5.92 Å². The molecule has 1 atom stereocenters. The summed E-state index contributed by atoms with van der Waals surface area (Å²) in [4.78, 5) is 23.9. The number of carboxylic acids is 1. The Morgan fingerprint density at radius 3 is 2.67 bits per heavy atom. The maximum Gasteiger partial charge on any atom is 0.323 e. The summed E-state index contributed by atoms with van der Waals surface area (Å²) in [6, 6.07) is -0.170. The van der Waals surface area contributed by atoms with Gasteiger partial charge in [0.15, 0.2) is 0 Å². The van der Waals surface area contributed by atoms with Crippen LogP contribution >= 0.6 is 0 Å². The lowest BCUT2D eigenvalue weighted by Gasteiger charge is -2.24. The van der Waals surface area contributed by atoms with Gasteiger partial charge in [0.25, 0.3) is 0 Å². The van der Waals surface area contributed by atoms with Crippen LogP contribution in [0, 0.1) is 5.92 Å². The zero-order valence-electron chi connectivity index (χ0n) is 10.9. The normalized spacial score (nSPS) is 15.8. The average molecular weight is 254 g/mol. The molecule has 5 heteroatoms. The number of hydrogen-bond donors (Lipinski definition) is 2. The molecule has 0 radical (unpaired) electrons. The number of aliphatic carboxylic acids is 1. The fraction of sp³-hybridized carbons (Fsp3) is 0.692. The van der Waals surface area contributed by atoms with Crippen LogP contribution in [0.2, 0.25) is 0 Å². The second-order valence-electron chi connectivity index (χ2n) is 4.80. The number of rotatable bonds is 8. The van der Waals surface area contributed by atoms with Gasteiger partial charge in [0.05, 0.1) is 0 Å². The molecule has 1 saturated carbocycles. The van der Waals surface area contributed by atoms with Gasteiger partial charge in [-0.25, -0.2) is 4.79 Å². The monoisotopic (exact) mass is 254 g/mol. The molecule has 0 bridgehead atoms. The highest BCUT2D eigenvalue weighted by Gasteiger charge is 2.26. The number of nitrogens with one attached hydrogen (secondary N) is 1. The van der Waals surface area contributed by atoms with Crippen molar-refractivity contribution in [1.82, 2.24) is 10.2 Å². The Hall–Kier alpha value is -1.52. The molecular weight excluding hydrogens is 232 g/mol. The summed E-state index contributed by atoms with van der Waals surface area (Å²) in [6.07, 6.45) is 5.90. The molecular formula is C13H22N2O3. The lowest BCUT2D eigenvalue weighted by molar-refractivity contribution is -0.137. The third-order valence-electron chi connectivity index (χ3n) is 3.10. The SMILES string of the molecule is C=CCN(CC(=O)O)C(=O)NC(CC)CC1CC1. The van der Waals surface area contributed by atoms with Crippen LogP contribution in [0.5, 0.6) is 0 Å². The number of hydrogen-bond acceptors (Lipinski definition) is 2. The predicted molar refractivity (Wildman–Crippen MR) is 69.4 cm³/mol. The number of amides is 2. The molecule has 0 aromatic rings. The van der Waals surface area contributed by atoms with Crippen LogP contribution in [-0.2, 0) is 4.79 Å². The highest BCUT2D eigenvalue weighted by atomic mass is 16.4. The Morgan fingerprint density at radius 2 is 2.22 bits per heavy atom. The Kier molecular flexibility index (Phi) is 5.68. The van der Waals surface area contributed by atoms with Gasteiger partial charge in [-0.15, -0.1) is 6.58 Å². The smallest absolute Gasteiger partial charge is 0.323 e. The third-order valence-corrected chi connectivity index (χ3v) is 3.10. The van der Waals surface area contributed by atoms with Gasteiger partial charge in [-0.3, -0.25) is 4.79 Å². The molecule has 0 spiro atoms. The number of urea groups is 1. The molecule has 0 saturated heterocycles. The highest BCUT2D eigenvalue weighted by molar-refractivity contribution is 5.80. The maximum atomic E-state index is 11.9. The summed E-state index contributed by atoms with van der Waals surface area (Å²) in [7, 11) is 0. The van der Waals surface area contributed by atoms with Gasteiger partial charge in [-0.2, -0.15) is 0 Å². The largest absolute Gasteiger partial charge is 0.480 e. The van der Waals surface area contributed by atoms with E-state index in [1.807, 2.05) is 6.92 Å². The molecule has 2 amide bonds. The van der Waals surface area contributed by atoms with Crippen molar-refractivity contribution in [2.45, 2.75) is 38.6 Å². The second kappa shape index (κ2) is 7.03. The van der Waals surface area contributed by atoms with Gasteiger partial charge < -0.3 is 15.3 Å². The van der Waals surface area contributed by atoms with Gasteiger partial charge in [-0.1, -0.05) is 25.8 Å². The summed E-state index contributed by atoms with van der Waals surface area (Å²) >= 11 is 0. The molecule has 0 aromatic carbocycles. The lowest BCUT2D eigenvalue weighted by atomic mass is 10.1. The van der Waals surface area contributed by atoms with E-state index in [9.17, 15) is 9.59 Å². The number of carboxylic acid groups (broad SMARTS) is 1. The third kappa shape index (κ3) is 5.21. The van der Waals surface area contributed by atoms with Crippen LogP contribution < -0.4 is 5.32 Å². The molecule has 1 aliphatic rings. The van der Waals surface area contributed by atoms with Crippen molar-refractivity contribution in [2.75, 3.05) is 13.1 Å². The van der Waals surface area contributed by atoms with Gasteiger partial charge in [-0.05, 0) is 18.8 Å². The molecule has 2 N–H and O–H groups in total. The standard InChI is InChI=1S/C13H22N2O3/c1-3-7-15(9-12(16)17)13(18)14-11(4-2)8-10-5-6-10/h3,10-11H,1,4-9H2,2H3,(H,14,18)(H,16,17). The van der Waals surface area contributed by atoms with E-state index in [4.69, 9.17) is 5.11 Å². The number of nitrogens with zero attached hydrogens (tertiary/aromatic N) is 1. The minimum absolute atomic E-state index is 0.145. The fourth-order valence-corrected chi connectivity index (χ4v) is 1.89. The molecule has 0 heterocycles. The predicted octanol–water partition coefficient (Wildman–Crippen LogP) is 1.85. The van der Waals surface area contributed by atoms with E-state index in [-0.39, 0.29) is 25.2 Å². The van der Waals surface area contributed by atoms with Crippen LogP contribution in [0.1, 0.15) is 32.6 Å². The van der Waals surface area contributed by atoms with E-state index in [0.29, 0.717) is 0 Å². The van der Waals surface area contributed by atoms with Crippen molar-refractivity contribution in [3.05, 3.63) is 12.7 Å².